The van der Waals surface area contributed by atoms with Gasteiger partial charge in [0.25, 0.3) is 0 Å². The van der Waals surface area contributed by atoms with Crippen molar-refractivity contribution in [3.63, 3.8) is 0 Å². The molecule has 134 valence electrons. The number of hydrogen-bond donors (Lipinski definition) is 2. The Balaban J connectivity index is 2.02. The van der Waals surface area contributed by atoms with Crippen molar-refractivity contribution in [3.8, 4) is 11.5 Å². The Morgan fingerprint density at radius 1 is 1.12 bits per heavy atom. The Morgan fingerprint density at radius 2 is 1.76 bits per heavy atom. The van der Waals surface area contributed by atoms with Gasteiger partial charge in [0.15, 0.2) is 11.5 Å². The Bertz CT molecular complexity index is 726. The van der Waals surface area contributed by atoms with Crippen molar-refractivity contribution in [1.29, 1.82) is 0 Å². The first kappa shape index (κ1) is 18.2. The lowest BCUT2D eigenvalue weighted by Gasteiger charge is -2.13. The SMILES string of the molecule is COc1cc(NC(=O)Nc2cnc(N(C)C)nc2)ccc1OC(F)F. The third kappa shape index (κ3) is 5.16. The minimum absolute atomic E-state index is 0.0665. The maximum Gasteiger partial charge on any atom is 0.387 e. The van der Waals surface area contributed by atoms with Crippen LogP contribution in [-0.4, -0.2) is 43.8 Å². The van der Waals surface area contributed by atoms with Gasteiger partial charge in [-0.2, -0.15) is 8.78 Å². The number of halogens is 2. The first-order chi connectivity index (χ1) is 11.9. The molecular formula is C15H17F2N5O3. The lowest BCUT2D eigenvalue weighted by molar-refractivity contribution is -0.0512. The maximum absolute atomic E-state index is 12.3. The summed E-state index contributed by atoms with van der Waals surface area (Å²) in [6.07, 6.45) is 2.92. The Labute approximate surface area is 142 Å². The average Bonchev–Trinajstić information content (AvgIpc) is 2.56. The molecule has 0 saturated carbocycles. The number of benzene rings is 1. The fraction of sp³-hybridized carbons (Fsp3) is 0.267. The summed E-state index contributed by atoms with van der Waals surface area (Å²) in [5.41, 5.74) is 0.731. The molecule has 25 heavy (non-hydrogen) atoms. The molecule has 8 nitrogen and oxygen atoms in total. The van der Waals surface area contributed by atoms with Gasteiger partial charge in [-0.25, -0.2) is 14.8 Å². The summed E-state index contributed by atoms with van der Waals surface area (Å²) in [5, 5.41) is 5.10. The van der Waals surface area contributed by atoms with Crippen LogP contribution in [0, 0.1) is 0 Å². The number of carbonyl (C=O) groups excluding carboxylic acids is 1. The lowest BCUT2D eigenvalue weighted by Crippen LogP contribution is -2.20. The van der Waals surface area contributed by atoms with E-state index >= 15 is 0 Å². The molecule has 0 saturated heterocycles. The van der Waals surface area contributed by atoms with Crippen LogP contribution in [0.5, 0.6) is 11.5 Å². The predicted octanol–water partition coefficient (Wildman–Crippen LogP) is 2.80. The third-order valence-electron chi connectivity index (χ3n) is 2.93. The van der Waals surface area contributed by atoms with E-state index in [0.29, 0.717) is 17.3 Å². The number of aromatic nitrogens is 2. The first-order valence-corrected chi connectivity index (χ1v) is 7.09. The summed E-state index contributed by atoms with van der Waals surface area (Å²) in [6, 6.07) is 3.50. The molecule has 2 rings (SSSR count). The van der Waals surface area contributed by atoms with E-state index in [2.05, 4.69) is 25.3 Å². The summed E-state index contributed by atoms with van der Waals surface area (Å²) in [4.78, 5) is 21.8. The van der Waals surface area contributed by atoms with Crippen molar-refractivity contribution in [2.24, 2.45) is 0 Å². The van der Waals surface area contributed by atoms with Gasteiger partial charge in [-0.15, -0.1) is 0 Å². The highest BCUT2D eigenvalue weighted by molar-refractivity contribution is 5.99. The second-order valence-corrected chi connectivity index (χ2v) is 4.99. The number of ether oxygens (including phenoxy) is 2. The van der Waals surface area contributed by atoms with E-state index in [0.717, 1.165) is 0 Å². The third-order valence-corrected chi connectivity index (χ3v) is 2.93. The van der Waals surface area contributed by atoms with Crippen molar-refractivity contribution in [2.75, 3.05) is 36.7 Å². The number of alkyl halides is 2. The normalized spacial score (nSPS) is 10.3. The quantitative estimate of drug-likeness (QED) is 0.830. The molecule has 0 unspecified atom stereocenters. The molecule has 0 aliphatic carbocycles. The van der Waals surface area contributed by atoms with Crippen molar-refractivity contribution in [3.05, 3.63) is 30.6 Å². The van der Waals surface area contributed by atoms with Crippen LogP contribution in [0.15, 0.2) is 30.6 Å². The molecular weight excluding hydrogens is 336 g/mol. The summed E-state index contributed by atoms with van der Waals surface area (Å²) >= 11 is 0. The monoisotopic (exact) mass is 353 g/mol. The van der Waals surface area contributed by atoms with Gasteiger partial charge in [0.2, 0.25) is 5.95 Å². The topological polar surface area (TPSA) is 88.6 Å². The van der Waals surface area contributed by atoms with Crippen molar-refractivity contribution < 1.29 is 23.0 Å². The smallest absolute Gasteiger partial charge is 0.387 e. The van der Waals surface area contributed by atoms with Crippen molar-refractivity contribution >= 4 is 23.4 Å². The zero-order chi connectivity index (χ0) is 18.4. The molecule has 10 heteroatoms. The van der Waals surface area contributed by atoms with Gasteiger partial charge in [0, 0.05) is 25.8 Å². The van der Waals surface area contributed by atoms with Gasteiger partial charge in [-0.05, 0) is 12.1 Å². The Kier molecular flexibility index (Phi) is 5.88. The number of nitrogens with one attached hydrogen (secondary N) is 2. The van der Waals surface area contributed by atoms with Gasteiger partial charge < -0.3 is 25.0 Å². The molecule has 2 N–H and O–H groups in total. The van der Waals surface area contributed by atoms with E-state index < -0.39 is 12.6 Å². The van der Waals surface area contributed by atoms with Gasteiger partial charge in [0.1, 0.15) is 0 Å². The molecule has 1 aromatic carbocycles. The summed E-state index contributed by atoms with van der Waals surface area (Å²) < 4.78 is 33.9. The molecule has 2 amide bonds. The minimum Gasteiger partial charge on any atom is -0.493 e. The Morgan fingerprint density at radius 3 is 2.32 bits per heavy atom. The van der Waals surface area contributed by atoms with E-state index in [9.17, 15) is 13.6 Å². The number of methoxy groups -OCH3 is 1. The molecule has 0 aliphatic heterocycles. The van der Waals surface area contributed by atoms with Crippen molar-refractivity contribution in [2.45, 2.75) is 6.61 Å². The van der Waals surface area contributed by atoms with E-state index in [1.165, 1.54) is 37.7 Å². The number of carbonyl (C=O) groups is 1. The average molecular weight is 353 g/mol. The predicted molar refractivity (Wildman–Crippen MR) is 88.6 cm³/mol. The van der Waals surface area contributed by atoms with E-state index in [1.807, 2.05) is 0 Å². The standard InChI is InChI=1S/C15H17F2N5O3/c1-22(2)14-18-7-10(8-19-14)21-15(23)20-9-4-5-11(25-13(16)17)12(6-9)24-3/h4-8,13H,1-3H3,(H2,20,21,23). The van der Waals surface area contributed by atoms with Crippen LogP contribution in [0.2, 0.25) is 0 Å². The fourth-order valence-corrected chi connectivity index (χ4v) is 1.85. The van der Waals surface area contributed by atoms with Crippen LogP contribution in [0.25, 0.3) is 0 Å². The number of anilines is 3. The summed E-state index contributed by atoms with van der Waals surface area (Å²) in [7, 11) is 4.90. The highest BCUT2D eigenvalue weighted by Gasteiger charge is 2.12. The first-order valence-electron chi connectivity index (χ1n) is 7.09. The highest BCUT2D eigenvalue weighted by atomic mass is 19.3. The molecule has 0 spiro atoms. The Hall–Kier alpha value is -3.17. The summed E-state index contributed by atoms with van der Waals surface area (Å²) in [6.45, 7) is -2.97. The molecule has 0 radical (unpaired) electrons. The molecule has 0 atom stereocenters. The number of rotatable bonds is 6. The second-order valence-electron chi connectivity index (χ2n) is 4.99. The molecule has 1 aromatic heterocycles. The van der Waals surface area contributed by atoms with Crippen LogP contribution >= 0.6 is 0 Å². The summed E-state index contributed by atoms with van der Waals surface area (Å²) in [5.74, 6) is 0.443. The van der Waals surface area contributed by atoms with Crippen LogP contribution < -0.4 is 25.0 Å². The zero-order valence-electron chi connectivity index (χ0n) is 13.8. The molecule has 0 bridgehead atoms. The van der Waals surface area contributed by atoms with Crippen LogP contribution in [0.4, 0.5) is 30.9 Å². The number of nitrogens with zero attached hydrogens (tertiary/aromatic N) is 3. The van der Waals surface area contributed by atoms with Gasteiger partial charge in [0.05, 0.1) is 25.2 Å². The zero-order valence-corrected chi connectivity index (χ0v) is 13.8. The van der Waals surface area contributed by atoms with Gasteiger partial charge >= 0.3 is 12.6 Å². The van der Waals surface area contributed by atoms with Crippen LogP contribution in [0.3, 0.4) is 0 Å². The van der Waals surface area contributed by atoms with E-state index in [1.54, 1.807) is 19.0 Å². The minimum atomic E-state index is -2.97. The van der Waals surface area contributed by atoms with E-state index in [4.69, 9.17) is 4.74 Å². The maximum atomic E-state index is 12.3. The number of amides is 2. The molecule has 0 aliphatic rings. The van der Waals surface area contributed by atoms with Crippen LogP contribution in [0.1, 0.15) is 0 Å². The number of hydrogen-bond acceptors (Lipinski definition) is 6. The molecule has 0 fully saturated rings. The fourth-order valence-electron chi connectivity index (χ4n) is 1.85. The molecule has 1 heterocycles. The molecule has 2 aromatic rings. The van der Waals surface area contributed by atoms with Gasteiger partial charge in [-0.3, -0.25) is 0 Å². The second kappa shape index (κ2) is 8.08. The highest BCUT2D eigenvalue weighted by Crippen LogP contribution is 2.31. The van der Waals surface area contributed by atoms with Crippen LogP contribution in [-0.2, 0) is 0 Å². The largest absolute Gasteiger partial charge is 0.493 e. The number of urea groups is 1. The lowest BCUT2D eigenvalue weighted by atomic mass is 10.3. The van der Waals surface area contributed by atoms with Gasteiger partial charge in [-0.1, -0.05) is 0 Å². The van der Waals surface area contributed by atoms with Crippen molar-refractivity contribution in [1.82, 2.24) is 9.97 Å². The van der Waals surface area contributed by atoms with E-state index in [-0.39, 0.29) is 11.5 Å².